The second-order valence-corrected chi connectivity index (χ2v) is 4.57. The molecular formula is C16H18N2O. The summed E-state index contributed by atoms with van der Waals surface area (Å²) >= 11 is 0. The standard InChI is InChI=1S/C16H18N2O/c1-3-12(2)18-15(19)10-9-14-7-4-6-13-8-5-11-17-16(13)14/h4-12H,3H2,1-2H3,(H,18,19)/b10-9+. The maximum absolute atomic E-state index is 11.7. The van der Waals surface area contributed by atoms with Crippen molar-refractivity contribution in [3.05, 3.63) is 48.2 Å². The second-order valence-electron chi connectivity index (χ2n) is 4.57. The van der Waals surface area contributed by atoms with E-state index in [4.69, 9.17) is 0 Å². The third-order valence-electron chi connectivity index (χ3n) is 3.08. The van der Waals surface area contributed by atoms with Crippen molar-refractivity contribution in [3.8, 4) is 0 Å². The Morgan fingerprint density at radius 1 is 1.37 bits per heavy atom. The van der Waals surface area contributed by atoms with Gasteiger partial charge in [0, 0.05) is 29.3 Å². The highest BCUT2D eigenvalue weighted by Crippen LogP contribution is 2.16. The van der Waals surface area contributed by atoms with E-state index in [9.17, 15) is 4.79 Å². The van der Waals surface area contributed by atoms with Gasteiger partial charge in [-0.05, 0) is 25.5 Å². The van der Waals surface area contributed by atoms with E-state index >= 15 is 0 Å². The SMILES string of the molecule is CCC(C)NC(=O)/C=C/c1cccc2cccnc12. The molecule has 0 aliphatic carbocycles. The van der Waals surface area contributed by atoms with Gasteiger partial charge in [0.15, 0.2) is 0 Å². The highest BCUT2D eigenvalue weighted by molar-refractivity contribution is 5.95. The van der Waals surface area contributed by atoms with Crippen molar-refractivity contribution in [2.24, 2.45) is 0 Å². The predicted octanol–water partition coefficient (Wildman–Crippen LogP) is 3.16. The molecule has 1 amide bonds. The number of carbonyl (C=O) groups is 1. The van der Waals surface area contributed by atoms with Crippen LogP contribution in [0.1, 0.15) is 25.8 Å². The summed E-state index contributed by atoms with van der Waals surface area (Å²) in [7, 11) is 0. The number of benzene rings is 1. The molecule has 1 aromatic carbocycles. The molecule has 1 heterocycles. The smallest absolute Gasteiger partial charge is 0.244 e. The molecule has 1 N–H and O–H groups in total. The molecule has 2 aromatic rings. The first-order chi connectivity index (χ1) is 9.20. The minimum absolute atomic E-state index is 0.0673. The topological polar surface area (TPSA) is 42.0 Å². The van der Waals surface area contributed by atoms with Crippen LogP contribution in [0.4, 0.5) is 0 Å². The van der Waals surface area contributed by atoms with Crippen molar-refractivity contribution in [1.82, 2.24) is 10.3 Å². The highest BCUT2D eigenvalue weighted by Gasteiger charge is 2.02. The van der Waals surface area contributed by atoms with Crippen LogP contribution in [-0.4, -0.2) is 16.9 Å². The van der Waals surface area contributed by atoms with Gasteiger partial charge in [-0.1, -0.05) is 31.2 Å². The van der Waals surface area contributed by atoms with Gasteiger partial charge in [0.05, 0.1) is 5.52 Å². The minimum Gasteiger partial charge on any atom is -0.350 e. The van der Waals surface area contributed by atoms with Gasteiger partial charge in [-0.15, -0.1) is 0 Å². The molecule has 0 fully saturated rings. The van der Waals surface area contributed by atoms with Crippen LogP contribution >= 0.6 is 0 Å². The average molecular weight is 254 g/mol. The van der Waals surface area contributed by atoms with Crippen LogP contribution in [0.25, 0.3) is 17.0 Å². The summed E-state index contributed by atoms with van der Waals surface area (Å²) in [5.41, 5.74) is 1.87. The van der Waals surface area contributed by atoms with E-state index in [1.165, 1.54) is 0 Å². The highest BCUT2D eigenvalue weighted by atomic mass is 16.1. The molecule has 0 aliphatic rings. The van der Waals surface area contributed by atoms with Crippen molar-refractivity contribution < 1.29 is 4.79 Å². The van der Waals surface area contributed by atoms with Gasteiger partial charge in [0.1, 0.15) is 0 Å². The number of pyridine rings is 1. The first-order valence-corrected chi connectivity index (χ1v) is 6.53. The summed E-state index contributed by atoms with van der Waals surface area (Å²) in [5, 5.41) is 3.98. The average Bonchev–Trinajstić information content (AvgIpc) is 2.44. The van der Waals surface area contributed by atoms with Gasteiger partial charge in [-0.3, -0.25) is 9.78 Å². The summed E-state index contributed by atoms with van der Waals surface area (Å²) < 4.78 is 0. The van der Waals surface area contributed by atoms with E-state index in [0.717, 1.165) is 22.9 Å². The Kier molecular flexibility index (Phi) is 4.29. The van der Waals surface area contributed by atoms with Gasteiger partial charge >= 0.3 is 0 Å². The maximum Gasteiger partial charge on any atom is 0.244 e. The Hall–Kier alpha value is -2.16. The summed E-state index contributed by atoms with van der Waals surface area (Å²) in [4.78, 5) is 16.1. The molecule has 3 nitrogen and oxygen atoms in total. The van der Waals surface area contributed by atoms with Gasteiger partial charge in [0.25, 0.3) is 0 Å². The molecule has 1 atom stereocenters. The Morgan fingerprint density at radius 3 is 2.95 bits per heavy atom. The number of carbonyl (C=O) groups excluding carboxylic acids is 1. The number of hydrogen-bond acceptors (Lipinski definition) is 2. The molecule has 2 rings (SSSR count). The van der Waals surface area contributed by atoms with E-state index < -0.39 is 0 Å². The number of nitrogens with zero attached hydrogens (tertiary/aromatic N) is 1. The summed E-state index contributed by atoms with van der Waals surface area (Å²) in [5.74, 6) is -0.0673. The van der Waals surface area contributed by atoms with E-state index in [-0.39, 0.29) is 11.9 Å². The van der Waals surface area contributed by atoms with Crippen molar-refractivity contribution in [2.75, 3.05) is 0 Å². The lowest BCUT2D eigenvalue weighted by Crippen LogP contribution is -2.30. The van der Waals surface area contributed by atoms with Crippen molar-refractivity contribution >= 4 is 22.9 Å². The fraction of sp³-hybridized carbons (Fsp3) is 0.250. The molecule has 0 bridgehead atoms. The first-order valence-electron chi connectivity index (χ1n) is 6.53. The molecule has 0 aliphatic heterocycles. The molecule has 98 valence electrons. The summed E-state index contributed by atoms with van der Waals surface area (Å²) in [6.07, 6.45) is 6.07. The zero-order valence-corrected chi connectivity index (χ0v) is 11.3. The first kappa shape index (κ1) is 13.3. The van der Waals surface area contributed by atoms with E-state index in [2.05, 4.69) is 10.3 Å². The van der Waals surface area contributed by atoms with Crippen LogP contribution < -0.4 is 5.32 Å². The van der Waals surface area contributed by atoms with E-state index in [1.807, 2.05) is 50.3 Å². The molecule has 0 saturated carbocycles. The van der Waals surface area contributed by atoms with Crippen LogP contribution in [0.2, 0.25) is 0 Å². The maximum atomic E-state index is 11.7. The van der Waals surface area contributed by atoms with E-state index in [1.54, 1.807) is 12.3 Å². The van der Waals surface area contributed by atoms with Crippen molar-refractivity contribution in [2.45, 2.75) is 26.3 Å². The summed E-state index contributed by atoms with van der Waals surface area (Å²) in [6, 6.07) is 10.1. The second kappa shape index (κ2) is 6.14. The van der Waals surface area contributed by atoms with Crippen LogP contribution in [-0.2, 0) is 4.79 Å². The molecule has 19 heavy (non-hydrogen) atoms. The molecule has 1 aromatic heterocycles. The lowest BCUT2D eigenvalue weighted by Gasteiger charge is -2.08. The van der Waals surface area contributed by atoms with Crippen LogP contribution in [0.3, 0.4) is 0 Å². The number of nitrogens with one attached hydrogen (secondary N) is 1. The Morgan fingerprint density at radius 2 is 2.16 bits per heavy atom. The van der Waals surface area contributed by atoms with Gasteiger partial charge in [0.2, 0.25) is 5.91 Å². The molecule has 0 saturated heterocycles. The fourth-order valence-corrected chi connectivity index (χ4v) is 1.82. The number of para-hydroxylation sites is 1. The number of hydrogen-bond donors (Lipinski definition) is 1. The summed E-state index contributed by atoms with van der Waals surface area (Å²) in [6.45, 7) is 4.04. The van der Waals surface area contributed by atoms with Crippen LogP contribution in [0, 0.1) is 0 Å². The Labute approximate surface area is 113 Å². The third-order valence-corrected chi connectivity index (χ3v) is 3.08. The third kappa shape index (κ3) is 3.41. The molecule has 0 spiro atoms. The predicted molar refractivity (Wildman–Crippen MR) is 78.7 cm³/mol. The van der Waals surface area contributed by atoms with Crippen molar-refractivity contribution in [1.29, 1.82) is 0 Å². The lowest BCUT2D eigenvalue weighted by atomic mass is 10.1. The molecule has 3 heteroatoms. The number of aromatic nitrogens is 1. The normalized spacial score (nSPS) is 12.7. The quantitative estimate of drug-likeness (QED) is 0.851. The molecular weight excluding hydrogens is 236 g/mol. The lowest BCUT2D eigenvalue weighted by molar-refractivity contribution is -0.117. The molecule has 1 unspecified atom stereocenters. The van der Waals surface area contributed by atoms with Crippen molar-refractivity contribution in [3.63, 3.8) is 0 Å². The van der Waals surface area contributed by atoms with Gasteiger partial charge < -0.3 is 5.32 Å². The van der Waals surface area contributed by atoms with Crippen LogP contribution in [0.5, 0.6) is 0 Å². The number of amides is 1. The Balaban J connectivity index is 2.19. The van der Waals surface area contributed by atoms with E-state index in [0.29, 0.717) is 0 Å². The van der Waals surface area contributed by atoms with Gasteiger partial charge in [-0.2, -0.15) is 0 Å². The van der Waals surface area contributed by atoms with Gasteiger partial charge in [-0.25, -0.2) is 0 Å². The van der Waals surface area contributed by atoms with Crippen LogP contribution in [0.15, 0.2) is 42.6 Å². The zero-order chi connectivity index (χ0) is 13.7. The molecule has 0 radical (unpaired) electrons. The minimum atomic E-state index is -0.0673. The Bertz CT molecular complexity index is 599. The number of fused-ring (bicyclic) bond motifs is 1. The fourth-order valence-electron chi connectivity index (χ4n) is 1.82. The zero-order valence-electron chi connectivity index (χ0n) is 11.3. The number of rotatable bonds is 4. The monoisotopic (exact) mass is 254 g/mol. The largest absolute Gasteiger partial charge is 0.350 e.